The van der Waals surface area contributed by atoms with Gasteiger partial charge >= 0.3 is 0 Å². The smallest absolute Gasteiger partial charge is 0.254 e. The quantitative estimate of drug-likeness (QED) is 0.816. The molecule has 1 heterocycles. The second-order valence-corrected chi connectivity index (χ2v) is 7.44. The van der Waals surface area contributed by atoms with Gasteiger partial charge in [-0.25, -0.2) is 0 Å². The van der Waals surface area contributed by atoms with E-state index in [1.54, 1.807) is 6.07 Å². The number of hydrogen-bond donors (Lipinski definition) is 1. The summed E-state index contributed by atoms with van der Waals surface area (Å²) in [6, 6.07) is 5.44. The molecule has 1 aliphatic carbocycles. The third-order valence-electron chi connectivity index (χ3n) is 5.65. The van der Waals surface area contributed by atoms with E-state index in [1.165, 1.54) is 25.7 Å². The van der Waals surface area contributed by atoms with E-state index in [2.05, 4.69) is 0 Å². The molecule has 0 aromatic heterocycles. The van der Waals surface area contributed by atoms with E-state index in [0.717, 1.165) is 17.9 Å². The minimum absolute atomic E-state index is 0. The summed E-state index contributed by atoms with van der Waals surface area (Å²) in [6.45, 7) is 4.40. The van der Waals surface area contributed by atoms with Crippen LogP contribution in [0.3, 0.4) is 0 Å². The second-order valence-electron chi connectivity index (χ2n) is 7.44. The van der Waals surface area contributed by atoms with Crippen molar-refractivity contribution in [3.05, 3.63) is 29.3 Å². The minimum Gasteiger partial charge on any atom is -0.399 e. The van der Waals surface area contributed by atoms with Gasteiger partial charge in [-0.15, -0.1) is 12.4 Å². The molecule has 2 N–H and O–H groups in total. The fraction of sp³-hybridized carbons (Fsp3) is 0.600. The van der Waals surface area contributed by atoms with Crippen molar-refractivity contribution in [1.29, 1.82) is 0 Å². The van der Waals surface area contributed by atoms with E-state index in [0.29, 0.717) is 43.9 Å². The van der Waals surface area contributed by atoms with Crippen molar-refractivity contribution in [2.45, 2.75) is 45.4 Å². The van der Waals surface area contributed by atoms with Crippen LogP contribution in [0.25, 0.3) is 0 Å². The number of carbonyl (C=O) groups is 2. The van der Waals surface area contributed by atoms with Gasteiger partial charge in [0.25, 0.3) is 5.91 Å². The Morgan fingerprint density at radius 2 is 1.69 bits per heavy atom. The monoisotopic (exact) mass is 379 g/mol. The Bertz CT molecular complexity index is 636. The molecule has 3 rings (SSSR count). The molecule has 1 aromatic rings. The Hall–Kier alpha value is -1.75. The molecular formula is C20H30ClN3O2. The van der Waals surface area contributed by atoms with Crippen molar-refractivity contribution in [1.82, 2.24) is 9.80 Å². The zero-order valence-electron chi connectivity index (χ0n) is 15.6. The Morgan fingerprint density at radius 3 is 2.35 bits per heavy atom. The zero-order chi connectivity index (χ0) is 17.8. The van der Waals surface area contributed by atoms with Crippen LogP contribution in [0.15, 0.2) is 18.2 Å². The van der Waals surface area contributed by atoms with Crippen LogP contribution in [0.2, 0.25) is 0 Å². The lowest BCUT2D eigenvalue weighted by molar-refractivity contribution is -0.133. The summed E-state index contributed by atoms with van der Waals surface area (Å²) >= 11 is 0. The summed E-state index contributed by atoms with van der Waals surface area (Å²) in [5.74, 6) is 1.01. The molecule has 26 heavy (non-hydrogen) atoms. The molecule has 0 spiro atoms. The Kier molecular flexibility index (Phi) is 7.33. The first-order chi connectivity index (χ1) is 12.0. The lowest BCUT2D eigenvalue weighted by Crippen LogP contribution is -2.50. The van der Waals surface area contributed by atoms with E-state index < -0.39 is 0 Å². The molecule has 1 saturated heterocycles. The molecule has 144 valence electrons. The lowest BCUT2D eigenvalue weighted by Gasteiger charge is -2.35. The number of piperazine rings is 1. The fourth-order valence-electron chi connectivity index (χ4n) is 3.98. The largest absolute Gasteiger partial charge is 0.399 e. The van der Waals surface area contributed by atoms with Crippen molar-refractivity contribution in [2.24, 2.45) is 5.92 Å². The van der Waals surface area contributed by atoms with Crippen LogP contribution in [0.4, 0.5) is 5.69 Å². The Morgan fingerprint density at radius 1 is 1.08 bits per heavy atom. The predicted octanol–water partition coefficient (Wildman–Crippen LogP) is 3.25. The minimum atomic E-state index is 0. The third-order valence-corrected chi connectivity index (χ3v) is 5.65. The molecule has 6 heteroatoms. The molecule has 0 bridgehead atoms. The van der Waals surface area contributed by atoms with Crippen molar-refractivity contribution in [3.63, 3.8) is 0 Å². The maximum Gasteiger partial charge on any atom is 0.254 e. The lowest BCUT2D eigenvalue weighted by atomic mass is 10.0. The summed E-state index contributed by atoms with van der Waals surface area (Å²) in [6.07, 6.45) is 6.91. The van der Waals surface area contributed by atoms with Gasteiger partial charge in [0, 0.05) is 43.9 Å². The number of amides is 2. The summed E-state index contributed by atoms with van der Waals surface area (Å²) in [5.41, 5.74) is 8.03. The first kappa shape index (κ1) is 20.6. The van der Waals surface area contributed by atoms with E-state index in [1.807, 2.05) is 28.9 Å². The molecule has 2 fully saturated rings. The number of carbonyl (C=O) groups excluding carboxylic acids is 2. The molecule has 0 atom stereocenters. The number of benzene rings is 1. The van der Waals surface area contributed by atoms with Gasteiger partial charge < -0.3 is 15.5 Å². The summed E-state index contributed by atoms with van der Waals surface area (Å²) < 4.78 is 0. The fourth-order valence-corrected chi connectivity index (χ4v) is 3.98. The van der Waals surface area contributed by atoms with Crippen LogP contribution in [0.1, 0.15) is 54.4 Å². The number of nitrogens with zero attached hydrogens (tertiary/aromatic N) is 2. The highest BCUT2D eigenvalue weighted by Crippen LogP contribution is 2.28. The number of nitrogen functional groups attached to an aromatic ring is 1. The third kappa shape index (κ3) is 4.91. The molecular weight excluding hydrogens is 350 g/mol. The highest BCUT2D eigenvalue weighted by Gasteiger charge is 2.26. The van der Waals surface area contributed by atoms with Gasteiger partial charge in [-0.05, 0) is 37.0 Å². The molecule has 1 aromatic carbocycles. The maximum atomic E-state index is 12.7. The molecule has 5 nitrogen and oxygen atoms in total. The van der Waals surface area contributed by atoms with Crippen molar-refractivity contribution in [3.8, 4) is 0 Å². The van der Waals surface area contributed by atoms with Crippen LogP contribution >= 0.6 is 12.4 Å². The summed E-state index contributed by atoms with van der Waals surface area (Å²) in [5, 5.41) is 0. The Labute approximate surface area is 162 Å². The number of hydrogen-bond acceptors (Lipinski definition) is 3. The standard InChI is InChI=1S/C20H29N3O2.ClH/c1-15-6-8-17(21)14-18(15)20(25)23-12-10-22(11-13-23)19(24)9-7-16-4-2-3-5-16;/h6,8,14,16H,2-5,7,9-13,21H2,1H3;1H. The summed E-state index contributed by atoms with van der Waals surface area (Å²) in [7, 11) is 0. The molecule has 2 amide bonds. The average Bonchev–Trinajstić information content (AvgIpc) is 3.15. The van der Waals surface area contributed by atoms with Gasteiger partial charge in [0.1, 0.15) is 0 Å². The van der Waals surface area contributed by atoms with Crippen LogP contribution in [-0.4, -0.2) is 47.8 Å². The van der Waals surface area contributed by atoms with Crippen molar-refractivity contribution in [2.75, 3.05) is 31.9 Å². The maximum absolute atomic E-state index is 12.7. The van der Waals surface area contributed by atoms with Crippen LogP contribution in [0, 0.1) is 12.8 Å². The molecule has 0 unspecified atom stereocenters. The number of aryl methyl sites for hydroxylation is 1. The molecule has 1 saturated carbocycles. The number of nitrogens with two attached hydrogens (primary N) is 1. The van der Waals surface area contributed by atoms with Gasteiger partial charge in [-0.2, -0.15) is 0 Å². The molecule has 1 aliphatic heterocycles. The van der Waals surface area contributed by atoms with E-state index in [9.17, 15) is 9.59 Å². The summed E-state index contributed by atoms with van der Waals surface area (Å²) in [4.78, 5) is 28.9. The van der Waals surface area contributed by atoms with E-state index >= 15 is 0 Å². The zero-order valence-corrected chi connectivity index (χ0v) is 16.4. The van der Waals surface area contributed by atoms with Crippen molar-refractivity contribution >= 4 is 29.9 Å². The number of rotatable bonds is 4. The topological polar surface area (TPSA) is 66.6 Å². The molecule has 2 aliphatic rings. The van der Waals surface area contributed by atoms with Gasteiger partial charge in [0.15, 0.2) is 0 Å². The van der Waals surface area contributed by atoms with Gasteiger partial charge in [-0.3, -0.25) is 9.59 Å². The van der Waals surface area contributed by atoms with Gasteiger partial charge in [0.2, 0.25) is 5.91 Å². The second kappa shape index (κ2) is 9.26. The SMILES string of the molecule is Cc1ccc(N)cc1C(=O)N1CCN(C(=O)CCC2CCCC2)CC1.Cl. The normalized spacial score (nSPS) is 17.9. The first-order valence-corrected chi connectivity index (χ1v) is 9.48. The van der Waals surface area contributed by atoms with Crippen LogP contribution in [0.5, 0.6) is 0 Å². The number of anilines is 1. The Balaban J connectivity index is 0.00000243. The highest BCUT2D eigenvalue weighted by molar-refractivity contribution is 5.96. The van der Waals surface area contributed by atoms with E-state index in [4.69, 9.17) is 5.73 Å². The number of halogens is 1. The van der Waals surface area contributed by atoms with Crippen LogP contribution in [-0.2, 0) is 4.79 Å². The average molecular weight is 380 g/mol. The van der Waals surface area contributed by atoms with Gasteiger partial charge in [-0.1, -0.05) is 31.7 Å². The van der Waals surface area contributed by atoms with Crippen LogP contribution < -0.4 is 5.73 Å². The predicted molar refractivity (Wildman–Crippen MR) is 107 cm³/mol. The van der Waals surface area contributed by atoms with E-state index in [-0.39, 0.29) is 24.2 Å². The van der Waals surface area contributed by atoms with Crippen molar-refractivity contribution < 1.29 is 9.59 Å². The first-order valence-electron chi connectivity index (χ1n) is 9.48. The van der Waals surface area contributed by atoms with Gasteiger partial charge in [0.05, 0.1) is 0 Å². The molecule has 0 radical (unpaired) electrons. The highest BCUT2D eigenvalue weighted by atomic mass is 35.5.